The monoisotopic (exact) mass is 474 g/mol. The number of likely N-dealkylation sites (tertiary alicyclic amines) is 1. The summed E-state index contributed by atoms with van der Waals surface area (Å²) in [5, 5.41) is 3.57. The van der Waals surface area contributed by atoms with Crippen LogP contribution in [0.1, 0.15) is 29.7 Å². The van der Waals surface area contributed by atoms with Gasteiger partial charge in [0.05, 0.1) is 17.1 Å². The first-order chi connectivity index (χ1) is 16.5. The first-order valence-corrected chi connectivity index (χ1v) is 11.5. The Morgan fingerprint density at radius 2 is 1.82 bits per heavy atom. The Hall–Kier alpha value is -3.71. The number of aromatic nitrogens is 1. The summed E-state index contributed by atoms with van der Waals surface area (Å²) >= 11 is 6.28. The molecule has 3 heterocycles. The van der Waals surface area contributed by atoms with Crippen LogP contribution in [0.2, 0.25) is 5.02 Å². The highest BCUT2D eigenvalue weighted by atomic mass is 35.5. The largest absolute Gasteiger partial charge is 0.445 e. The summed E-state index contributed by atoms with van der Waals surface area (Å²) in [6.45, 7) is 0.925. The lowest BCUT2D eigenvalue weighted by Gasteiger charge is -2.37. The molecule has 8 heteroatoms. The van der Waals surface area contributed by atoms with Crippen molar-refractivity contribution in [3.63, 3.8) is 0 Å². The van der Waals surface area contributed by atoms with E-state index >= 15 is 0 Å². The van der Waals surface area contributed by atoms with Crippen molar-refractivity contribution < 1.29 is 14.3 Å². The van der Waals surface area contributed by atoms with Crippen LogP contribution in [-0.2, 0) is 16.1 Å². The van der Waals surface area contributed by atoms with Gasteiger partial charge in [-0.2, -0.15) is 0 Å². The smallest absolute Gasteiger partial charge is 0.410 e. The van der Waals surface area contributed by atoms with Crippen molar-refractivity contribution in [2.24, 2.45) is 4.99 Å². The summed E-state index contributed by atoms with van der Waals surface area (Å²) < 4.78 is 5.48. The van der Waals surface area contributed by atoms with E-state index in [1.54, 1.807) is 29.3 Å². The molecular weight excluding hydrogens is 452 g/mol. The molecule has 34 heavy (non-hydrogen) atoms. The average molecular weight is 475 g/mol. The minimum atomic E-state index is -1.02. The van der Waals surface area contributed by atoms with Crippen LogP contribution in [0.15, 0.2) is 77.9 Å². The lowest BCUT2D eigenvalue weighted by atomic mass is 9.87. The van der Waals surface area contributed by atoms with Crippen LogP contribution in [0, 0.1) is 0 Å². The maximum Gasteiger partial charge on any atom is 0.410 e. The van der Waals surface area contributed by atoms with Gasteiger partial charge in [0.1, 0.15) is 12.1 Å². The van der Waals surface area contributed by atoms with Crippen LogP contribution in [0.5, 0.6) is 0 Å². The van der Waals surface area contributed by atoms with Crippen molar-refractivity contribution in [3.8, 4) is 0 Å². The molecule has 1 saturated heterocycles. The van der Waals surface area contributed by atoms with E-state index in [9.17, 15) is 9.59 Å². The zero-order chi connectivity index (χ0) is 23.5. The Balaban J connectivity index is 1.39. The summed E-state index contributed by atoms with van der Waals surface area (Å²) in [6.07, 6.45) is 2.05. The predicted octanol–water partition coefficient (Wildman–Crippen LogP) is 4.70. The third-order valence-electron chi connectivity index (χ3n) is 6.19. The molecule has 3 aromatic rings. The molecule has 1 N–H and O–H groups in total. The molecule has 2 aromatic carbocycles. The molecule has 0 bridgehead atoms. The third-order valence-corrected chi connectivity index (χ3v) is 6.43. The molecule has 0 saturated carbocycles. The fraction of sp³-hybridized carbons (Fsp3) is 0.231. The molecule has 7 nitrogen and oxygen atoms in total. The van der Waals surface area contributed by atoms with Gasteiger partial charge in [0, 0.05) is 29.9 Å². The van der Waals surface area contributed by atoms with Gasteiger partial charge < -0.3 is 15.0 Å². The van der Waals surface area contributed by atoms with Gasteiger partial charge in [0.25, 0.3) is 5.91 Å². The Kier molecular flexibility index (Phi) is 6.02. The van der Waals surface area contributed by atoms with E-state index in [4.69, 9.17) is 21.3 Å². The Bertz CT molecular complexity index is 1240. The van der Waals surface area contributed by atoms with Gasteiger partial charge in [-0.05, 0) is 48.7 Å². The number of amides is 2. The topological polar surface area (TPSA) is 83.9 Å². The fourth-order valence-corrected chi connectivity index (χ4v) is 4.46. The fourth-order valence-electron chi connectivity index (χ4n) is 4.29. The van der Waals surface area contributed by atoms with Gasteiger partial charge in [-0.3, -0.25) is 14.8 Å². The number of halogens is 1. The number of benzene rings is 2. The predicted molar refractivity (Wildman–Crippen MR) is 130 cm³/mol. The van der Waals surface area contributed by atoms with Crippen LogP contribution < -0.4 is 5.32 Å². The number of carbonyl (C=O) groups excluding carboxylic acids is 2. The van der Waals surface area contributed by atoms with Gasteiger partial charge >= 0.3 is 6.09 Å². The summed E-state index contributed by atoms with van der Waals surface area (Å²) in [5.41, 5.74) is 2.53. The number of fused-ring (bicyclic) bond motifs is 1. The van der Waals surface area contributed by atoms with E-state index in [1.165, 1.54) is 0 Å². The first kappa shape index (κ1) is 22.1. The molecule has 2 aliphatic rings. The Morgan fingerprint density at radius 1 is 1.06 bits per heavy atom. The van der Waals surface area contributed by atoms with Gasteiger partial charge in [-0.15, -0.1) is 0 Å². The number of hydrogen-bond acceptors (Lipinski definition) is 5. The molecule has 1 fully saturated rings. The summed E-state index contributed by atoms with van der Waals surface area (Å²) in [6, 6.07) is 20.4. The van der Waals surface area contributed by atoms with Gasteiger partial charge in [0.15, 0.2) is 0 Å². The summed E-state index contributed by atoms with van der Waals surface area (Å²) in [4.78, 5) is 37.1. The third kappa shape index (κ3) is 4.39. The molecule has 2 aliphatic heterocycles. The van der Waals surface area contributed by atoms with Gasteiger partial charge in [-0.1, -0.05) is 48.0 Å². The molecule has 0 aliphatic carbocycles. The molecule has 5 rings (SSSR count). The van der Waals surface area contributed by atoms with Crippen molar-refractivity contribution >= 4 is 35.0 Å². The lowest BCUT2D eigenvalue weighted by Crippen LogP contribution is -2.51. The van der Waals surface area contributed by atoms with Crippen LogP contribution in [0.25, 0.3) is 0 Å². The molecule has 0 atom stereocenters. The minimum Gasteiger partial charge on any atom is -0.445 e. The van der Waals surface area contributed by atoms with Crippen LogP contribution >= 0.6 is 11.6 Å². The number of pyridine rings is 1. The summed E-state index contributed by atoms with van der Waals surface area (Å²) in [7, 11) is 0. The molecule has 172 valence electrons. The standard InChI is InChI=1S/C26H23ClN4O3/c27-19-9-10-21-20(16-19)23(22-8-4-5-13-28-22)30-26(24(32)29-21)11-14-31(15-12-26)25(33)34-17-18-6-2-1-3-7-18/h1-10,13,16H,11-12,14-15,17H2,(H,29,32). The first-order valence-electron chi connectivity index (χ1n) is 11.1. The Labute approximate surface area is 202 Å². The van der Waals surface area contributed by atoms with E-state index < -0.39 is 11.6 Å². The van der Waals surface area contributed by atoms with E-state index in [1.807, 2.05) is 48.5 Å². The van der Waals surface area contributed by atoms with E-state index in [-0.39, 0.29) is 12.5 Å². The molecule has 1 spiro atoms. The second-order valence-electron chi connectivity index (χ2n) is 8.38. The highest BCUT2D eigenvalue weighted by molar-refractivity contribution is 6.32. The van der Waals surface area contributed by atoms with E-state index in [0.717, 1.165) is 11.1 Å². The van der Waals surface area contributed by atoms with Crippen molar-refractivity contribution in [2.75, 3.05) is 18.4 Å². The number of nitrogens with zero attached hydrogens (tertiary/aromatic N) is 3. The van der Waals surface area contributed by atoms with Crippen molar-refractivity contribution in [3.05, 3.63) is 94.8 Å². The number of piperidine rings is 1. The van der Waals surface area contributed by atoms with Crippen molar-refractivity contribution in [1.29, 1.82) is 0 Å². The highest BCUT2D eigenvalue weighted by Gasteiger charge is 2.45. The lowest BCUT2D eigenvalue weighted by molar-refractivity contribution is -0.122. The molecule has 0 radical (unpaired) electrons. The quantitative estimate of drug-likeness (QED) is 0.596. The second kappa shape index (κ2) is 9.27. The van der Waals surface area contributed by atoms with Crippen LogP contribution in [-0.4, -0.2) is 46.2 Å². The van der Waals surface area contributed by atoms with Crippen molar-refractivity contribution in [1.82, 2.24) is 9.88 Å². The summed E-state index contributed by atoms with van der Waals surface area (Å²) in [5.74, 6) is -0.195. The maximum atomic E-state index is 13.4. The van der Waals surface area contributed by atoms with E-state index in [0.29, 0.717) is 48.0 Å². The number of carbonyl (C=O) groups is 2. The molecule has 0 unspecified atom stereocenters. The van der Waals surface area contributed by atoms with Crippen LogP contribution in [0.3, 0.4) is 0 Å². The number of hydrogen-bond donors (Lipinski definition) is 1. The Morgan fingerprint density at radius 3 is 2.56 bits per heavy atom. The molecule has 2 amide bonds. The number of aliphatic imine (C=N–C) groups is 1. The maximum absolute atomic E-state index is 13.4. The molecular formula is C26H23ClN4O3. The average Bonchev–Trinajstić information content (AvgIpc) is 2.99. The zero-order valence-corrected chi connectivity index (χ0v) is 19.2. The number of nitrogens with one attached hydrogen (secondary N) is 1. The van der Waals surface area contributed by atoms with Crippen LogP contribution in [0.4, 0.5) is 10.5 Å². The zero-order valence-electron chi connectivity index (χ0n) is 18.4. The highest BCUT2D eigenvalue weighted by Crippen LogP contribution is 2.35. The molecule has 1 aromatic heterocycles. The van der Waals surface area contributed by atoms with Gasteiger partial charge in [0.2, 0.25) is 0 Å². The SMILES string of the molecule is O=C(OCc1ccccc1)N1CCC2(CC1)N=C(c1ccccn1)c1cc(Cl)ccc1NC2=O. The second-order valence-corrected chi connectivity index (χ2v) is 8.81. The number of anilines is 1. The number of ether oxygens (including phenoxy) is 1. The van der Waals surface area contributed by atoms with Crippen molar-refractivity contribution in [2.45, 2.75) is 25.0 Å². The van der Waals surface area contributed by atoms with E-state index in [2.05, 4.69) is 10.3 Å². The minimum absolute atomic E-state index is 0.195. The number of rotatable bonds is 3. The normalized spacial score (nSPS) is 16.8. The van der Waals surface area contributed by atoms with Gasteiger partial charge in [-0.25, -0.2) is 4.79 Å².